The summed E-state index contributed by atoms with van der Waals surface area (Å²) in [7, 11) is 1.61. The molecule has 0 atom stereocenters. The number of benzene rings is 2. The number of carboxylic acid groups (broad SMARTS) is 1. The number of methoxy groups -OCH3 is 1. The number of amides is 1. The third-order valence-corrected chi connectivity index (χ3v) is 5.94. The van der Waals surface area contributed by atoms with Gasteiger partial charge < -0.3 is 14.4 Å². The molecular weight excluding hydrogens is 426 g/mol. The van der Waals surface area contributed by atoms with Gasteiger partial charge in [0.15, 0.2) is 5.17 Å². The second kappa shape index (κ2) is 9.15. The molecule has 1 aliphatic heterocycles. The van der Waals surface area contributed by atoms with Crippen LogP contribution in [0.15, 0.2) is 76.8 Å². The van der Waals surface area contributed by atoms with E-state index in [9.17, 15) is 14.7 Å². The van der Waals surface area contributed by atoms with Gasteiger partial charge >= 0.3 is 5.97 Å². The maximum Gasteiger partial charge on any atom is 0.335 e. The molecule has 7 nitrogen and oxygen atoms in total. The molecule has 2 aromatic carbocycles. The Hall–Kier alpha value is -3.78. The van der Waals surface area contributed by atoms with Crippen LogP contribution < -0.4 is 4.74 Å². The zero-order valence-electron chi connectivity index (χ0n) is 17.6. The van der Waals surface area contributed by atoms with E-state index in [-0.39, 0.29) is 11.5 Å². The number of thioether (sulfide) groups is 1. The van der Waals surface area contributed by atoms with Crippen molar-refractivity contribution in [1.82, 2.24) is 9.47 Å². The van der Waals surface area contributed by atoms with E-state index >= 15 is 0 Å². The van der Waals surface area contributed by atoms with Gasteiger partial charge in [-0.15, -0.1) is 0 Å². The Labute approximate surface area is 189 Å². The normalized spacial score (nSPS) is 16.2. The second-order valence-electron chi connectivity index (χ2n) is 6.91. The molecular formula is C24H21N3O4S. The number of nitrogens with zero attached hydrogens (tertiary/aromatic N) is 3. The number of amidine groups is 1. The number of hydrogen-bond acceptors (Lipinski definition) is 5. The molecule has 162 valence electrons. The molecule has 3 aromatic rings. The molecule has 0 aliphatic carbocycles. The third kappa shape index (κ3) is 4.31. The minimum atomic E-state index is -0.988. The first-order chi connectivity index (χ1) is 15.5. The van der Waals surface area contributed by atoms with Crippen LogP contribution in [-0.4, -0.2) is 45.3 Å². The Kier molecular flexibility index (Phi) is 6.13. The van der Waals surface area contributed by atoms with Gasteiger partial charge in [0.1, 0.15) is 5.75 Å². The summed E-state index contributed by atoms with van der Waals surface area (Å²) in [5.74, 6) is -0.361. The van der Waals surface area contributed by atoms with Gasteiger partial charge in [0.05, 0.1) is 23.3 Å². The highest BCUT2D eigenvalue weighted by Gasteiger charge is 2.32. The minimum absolute atomic E-state index is 0.114. The van der Waals surface area contributed by atoms with Crippen LogP contribution in [0.2, 0.25) is 0 Å². The van der Waals surface area contributed by atoms with Crippen molar-refractivity contribution in [2.75, 3.05) is 13.7 Å². The smallest absolute Gasteiger partial charge is 0.335 e. The summed E-state index contributed by atoms with van der Waals surface area (Å²) in [6.45, 7) is 2.41. The van der Waals surface area contributed by atoms with Crippen LogP contribution in [0.25, 0.3) is 11.8 Å². The van der Waals surface area contributed by atoms with Crippen molar-refractivity contribution < 1.29 is 19.4 Å². The summed E-state index contributed by atoms with van der Waals surface area (Å²) in [6, 6.07) is 17.7. The molecule has 0 unspecified atom stereocenters. The van der Waals surface area contributed by atoms with Crippen LogP contribution in [0.4, 0.5) is 5.69 Å². The number of aliphatic imine (C=N–C) groups is 1. The number of rotatable bonds is 6. The topological polar surface area (TPSA) is 84.1 Å². The average Bonchev–Trinajstić information content (AvgIpc) is 3.38. The number of carbonyl (C=O) groups is 2. The highest BCUT2D eigenvalue weighted by atomic mass is 32.2. The van der Waals surface area contributed by atoms with E-state index in [0.717, 1.165) is 17.1 Å². The number of aromatic nitrogens is 1. The maximum atomic E-state index is 13.0. The molecule has 32 heavy (non-hydrogen) atoms. The first-order valence-corrected chi connectivity index (χ1v) is 10.8. The van der Waals surface area contributed by atoms with Crippen molar-refractivity contribution in [3.05, 3.63) is 83.0 Å². The fraction of sp³-hybridized carbons (Fsp3) is 0.125. The van der Waals surface area contributed by atoms with Crippen molar-refractivity contribution >= 4 is 40.6 Å². The Morgan fingerprint density at radius 1 is 1.16 bits per heavy atom. The zero-order chi connectivity index (χ0) is 22.7. The lowest BCUT2D eigenvalue weighted by Gasteiger charge is -2.12. The first kappa shape index (κ1) is 21.5. The highest BCUT2D eigenvalue weighted by Crippen LogP contribution is 2.34. The summed E-state index contributed by atoms with van der Waals surface area (Å²) in [5.41, 5.74) is 2.41. The number of likely N-dealkylation sites (N-methyl/N-ethyl adjacent to an activating group) is 1. The Morgan fingerprint density at radius 2 is 1.94 bits per heavy atom. The molecule has 0 bridgehead atoms. The van der Waals surface area contributed by atoms with Crippen LogP contribution in [-0.2, 0) is 4.79 Å². The average molecular weight is 448 g/mol. The van der Waals surface area contributed by atoms with Crippen molar-refractivity contribution in [3.8, 4) is 11.4 Å². The van der Waals surface area contributed by atoms with E-state index in [2.05, 4.69) is 4.99 Å². The molecule has 1 aromatic heterocycles. The molecule has 1 saturated heterocycles. The summed E-state index contributed by atoms with van der Waals surface area (Å²) in [5, 5.41) is 9.89. The fourth-order valence-electron chi connectivity index (χ4n) is 3.31. The number of carbonyl (C=O) groups excluding carboxylic acids is 1. The number of ether oxygens (including phenoxy) is 1. The van der Waals surface area contributed by atoms with Gasteiger partial charge in [-0.05, 0) is 79.4 Å². The van der Waals surface area contributed by atoms with Gasteiger partial charge in [0.2, 0.25) is 0 Å². The lowest BCUT2D eigenvalue weighted by Crippen LogP contribution is -2.28. The van der Waals surface area contributed by atoms with Gasteiger partial charge in [-0.1, -0.05) is 6.07 Å². The fourth-order valence-corrected chi connectivity index (χ4v) is 4.35. The Bertz CT molecular complexity index is 1230. The second-order valence-corrected chi connectivity index (χ2v) is 7.92. The Balaban J connectivity index is 1.66. The van der Waals surface area contributed by atoms with Crippen LogP contribution in [0, 0.1) is 0 Å². The van der Waals surface area contributed by atoms with Crippen LogP contribution in [0.5, 0.6) is 5.75 Å². The van der Waals surface area contributed by atoms with Crippen LogP contribution in [0.1, 0.15) is 23.0 Å². The lowest BCUT2D eigenvalue weighted by atomic mass is 10.2. The van der Waals surface area contributed by atoms with E-state index < -0.39 is 5.97 Å². The lowest BCUT2D eigenvalue weighted by molar-refractivity contribution is -0.122. The van der Waals surface area contributed by atoms with E-state index in [1.165, 1.54) is 11.8 Å². The maximum absolute atomic E-state index is 13.0. The third-order valence-electron chi connectivity index (χ3n) is 4.93. The van der Waals surface area contributed by atoms with Gasteiger partial charge in [0, 0.05) is 24.1 Å². The van der Waals surface area contributed by atoms with Crippen molar-refractivity contribution in [3.63, 3.8) is 0 Å². The predicted molar refractivity (Wildman–Crippen MR) is 126 cm³/mol. The monoisotopic (exact) mass is 447 g/mol. The molecule has 0 radical (unpaired) electrons. The molecule has 1 N–H and O–H groups in total. The van der Waals surface area contributed by atoms with E-state index in [4.69, 9.17) is 4.74 Å². The van der Waals surface area contributed by atoms with Crippen molar-refractivity contribution in [2.24, 2.45) is 4.99 Å². The summed E-state index contributed by atoms with van der Waals surface area (Å²) in [4.78, 5) is 31.2. The van der Waals surface area contributed by atoms with Crippen molar-refractivity contribution in [1.29, 1.82) is 0 Å². The van der Waals surface area contributed by atoms with Crippen molar-refractivity contribution in [2.45, 2.75) is 6.92 Å². The molecule has 8 heteroatoms. The molecule has 0 saturated carbocycles. The number of hydrogen-bond donors (Lipinski definition) is 1. The molecule has 0 spiro atoms. The highest BCUT2D eigenvalue weighted by molar-refractivity contribution is 8.18. The quantitative estimate of drug-likeness (QED) is 0.549. The molecule has 1 fully saturated rings. The SMILES string of the molecule is CCN1C(=O)/C(=C\c2cccn2-c2cccc(C(=O)O)c2)SC1=Nc1ccc(OC)cc1. The van der Waals surface area contributed by atoms with Crippen LogP contribution >= 0.6 is 11.8 Å². The molecule has 4 rings (SSSR count). The van der Waals surface area contributed by atoms with E-state index in [0.29, 0.717) is 22.3 Å². The van der Waals surface area contributed by atoms with Gasteiger partial charge in [0.25, 0.3) is 5.91 Å². The molecule has 1 aliphatic rings. The van der Waals surface area contributed by atoms with E-state index in [1.807, 2.05) is 60.2 Å². The first-order valence-electron chi connectivity index (χ1n) is 9.95. The zero-order valence-corrected chi connectivity index (χ0v) is 18.4. The van der Waals surface area contributed by atoms with Gasteiger partial charge in [-0.2, -0.15) is 0 Å². The predicted octanol–water partition coefficient (Wildman–Crippen LogP) is 4.81. The standard InChI is InChI=1S/C24H21N3O4S/c1-3-26-22(28)21(32-24(26)25-17-9-11-20(31-2)12-10-17)15-19-8-5-13-27(19)18-7-4-6-16(14-18)23(29)30/h4-15H,3H2,1-2H3,(H,29,30)/b21-15+,25-24?. The van der Waals surface area contributed by atoms with E-state index in [1.54, 1.807) is 36.3 Å². The summed E-state index contributed by atoms with van der Waals surface area (Å²) in [6.07, 6.45) is 3.64. The Morgan fingerprint density at radius 3 is 2.62 bits per heavy atom. The largest absolute Gasteiger partial charge is 0.497 e. The summed E-state index contributed by atoms with van der Waals surface area (Å²) >= 11 is 1.32. The molecule has 2 heterocycles. The minimum Gasteiger partial charge on any atom is -0.497 e. The summed E-state index contributed by atoms with van der Waals surface area (Å²) < 4.78 is 7.03. The molecule has 1 amide bonds. The number of aromatic carboxylic acids is 1. The number of carboxylic acids is 1. The van der Waals surface area contributed by atoms with Gasteiger partial charge in [-0.3, -0.25) is 9.69 Å². The van der Waals surface area contributed by atoms with Gasteiger partial charge in [-0.25, -0.2) is 9.79 Å². The van der Waals surface area contributed by atoms with Crippen LogP contribution in [0.3, 0.4) is 0 Å².